The molecule has 0 aliphatic rings. The minimum absolute atomic E-state index is 0. The smallest absolute Gasteiger partial charge is 0.780 e. The molecule has 0 aliphatic carbocycles. The molecular weight excluding hydrogens is 461 g/mol. The summed E-state index contributed by atoms with van der Waals surface area (Å²) in [6.45, 7) is 0. The van der Waals surface area contributed by atoms with Gasteiger partial charge in [-0.3, -0.25) is 0 Å². The second kappa shape index (κ2) is 12.7. The molecule has 1 heterocycles. The second-order valence-corrected chi connectivity index (χ2v) is 8.05. The number of hydrogen-bond donors (Lipinski definition) is 0. The summed E-state index contributed by atoms with van der Waals surface area (Å²) in [4.78, 5) is 22.1. The van der Waals surface area contributed by atoms with E-state index in [0.29, 0.717) is 29.1 Å². The van der Waals surface area contributed by atoms with Crippen LogP contribution in [-0.4, -0.2) is 21.3 Å². The van der Waals surface area contributed by atoms with Gasteiger partial charge in [0.25, 0.3) is 0 Å². The average Bonchev–Trinajstić information content (AvgIpc) is 3.15. The van der Waals surface area contributed by atoms with Crippen LogP contribution in [0.4, 0.5) is 0 Å². The van der Waals surface area contributed by atoms with Crippen LogP contribution in [0.15, 0.2) is 41.8 Å². The minimum Gasteiger partial charge on any atom is -0.780 e. The van der Waals surface area contributed by atoms with E-state index in [0.717, 1.165) is 15.8 Å². The van der Waals surface area contributed by atoms with Gasteiger partial charge in [0.1, 0.15) is 13.6 Å². The summed E-state index contributed by atoms with van der Waals surface area (Å²) in [5.74, 6) is 1.65. The van der Waals surface area contributed by atoms with Gasteiger partial charge in [0, 0.05) is 10.1 Å². The van der Waals surface area contributed by atoms with Gasteiger partial charge in [-0.2, -0.15) is 0 Å². The summed E-state index contributed by atoms with van der Waals surface area (Å²) in [5, 5.41) is 2.41. The van der Waals surface area contributed by atoms with E-state index in [2.05, 4.69) is 4.52 Å². The van der Waals surface area contributed by atoms with Gasteiger partial charge in [0.15, 0.2) is 11.5 Å². The number of thiophene rings is 1. The van der Waals surface area contributed by atoms with Crippen molar-refractivity contribution >= 4 is 35.3 Å². The summed E-state index contributed by atoms with van der Waals surface area (Å²) in [5.41, 5.74) is 1.66. The van der Waals surface area contributed by atoms with Crippen LogP contribution in [0.5, 0.6) is 23.0 Å². The number of methoxy groups -OCH3 is 3. The Kier molecular flexibility index (Phi) is 11.6. The van der Waals surface area contributed by atoms with Crippen LogP contribution in [0.2, 0.25) is 0 Å². The zero-order valence-electron chi connectivity index (χ0n) is 18.0. The van der Waals surface area contributed by atoms with Gasteiger partial charge < -0.3 is 33.1 Å². The molecule has 0 fully saturated rings. The first-order chi connectivity index (χ1) is 13.8. The number of phosphoric ester groups is 1. The van der Waals surface area contributed by atoms with E-state index in [1.807, 2.05) is 35.7 Å². The molecule has 0 spiro atoms. The summed E-state index contributed by atoms with van der Waals surface area (Å²) in [6, 6.07) is 8.87. The summed E-state index contributed by atoms with van der Waals surface area (Å²) in [6.07, 6.45) is 4.30. The molecule has 3 aromatic rings. The van der Waals surface area contributed by atoms with Crippen molar-refractivity contribution in [3.8, 4) is 23.0 Å². The van der Waals surface area contributed by atoms with Crippen LogP contribution >= 0.6 is 19.2 Å². The van der Waals surface area contributed by atoms with Gasteiger partial charge in [-0.15, -0.1) is 11.3 Å². The largest absolute Gasteiger partial charge is 1.00 e. The van der Waals surface area contributed by atoms with Gasteiger partial charge in [-0.25, -0.2) is 0 Å². The van der Waals surface area contributed by atoms with Crippen molar-refractivity contribution < 1.29 is 92.2 Å². The molecule has 0 N–H and O–H groups in total. The Labute approximate surface area is 229 Å². The maximum absolute atomic E-state index is 11.1. The predicted octanol–water partition coefficient (Wildman–Crippen LogP) is -2.60. The van der Waals surface area contributed by atoms with Crippen LogP contribution in [-0.2, 0) is 11.0 Å². The average molecular weight is 480 g/mol. The van der Waals surface area contributed by atoms with Gasteiger partial charge in [-0.05, 0) is 53.3 Å². The first kappa shape index (κ1) is 28.5. The number of rotatable bonds is 8. The van der Waals surface area contributed by atoms with Crippen LogP contribution in [0.3, 0.4) is 0 Å². The monoisotopic (exact) mass is 480 g/mol. The molecule has 2 aromatic carbocycles. The van der Waals surface area contributed by atoms with Gasteiger partial charge in [0.05, 0.1) is 21.3 Å². The molecule has 0 saturated heterocycles. The standard InChI is InChI=1S/C20H21O7PS.2Na/c1-24-17-10-13(11-18(25-2)20(17)26-3)5-4-6-14-9-16(27-28(21,22)23)15-7-8-29-19(15)12-14;;/h4-5,7-12H,6H2,1-3H3,(H2,21,22,23);;/q;2*+1/p-2/b5-4-;;. The Bertz CT molecular complexity index is 1070. The normalized spacial score (nSPS) is 11.0. The van der Waals surface area contributed by atoms with Crippen LogP contribution in [0.1, 0.15) is 11.1 Å². The first-order valence-electron chi connectivity index (χ1n) is 8.53. The maximum Gasteiger partial charge on any atom is 1.00 e. The molecule has 0 atom stereocenters. The molecule has 154 valence electrons. The van der Waals surface area contributed by atoms with Gasteiger partial charge in [0.2, 0.25) is 5.75 Å². The molecule has 0 aliphatic heterocycles. The van der Waals surface area contributed by atoms with Crippen molar-refractivity contribution in [1.82, 2.24) is 0 Å². The Hall–Kier alpha value is -0.510. The third-order valence-electron chi connectivity index (χ3n) is 4.15. The SMILES string of the molecule is COc1cc(/C=C\Cc2cc(OP(=O)([O-])[O-])c3ccsc3c2)cc(OC)c1OC.[Na+].[Na+]. The molecule has 3 rings (SSSR count). The molecule has 0 amide bonds. The molecule has 0 unspecified atom stereocenters. The molecule has 1 aromatic heterocycles. The Morgan fingerprint density at radius 1 is 0.968 bits per heavy atom. The third kappa shape index (κ3) is 7.51. The Morgan fingerprint density at radius 3 is 2.16 bits per heavy atom. The van der Waals surface area contributed by atoms with E-state index >= 15 is 0 Å². The summed E-state index contributed by atoms with van der Waals surface area (Å²) < 4.78 is 32.5. The summed E-state index contributed by atoms with van der Waals surface area (Å²) >= 11 is 1.44. The fourth-order valence-electron chi connectivity index (χ4n) is 2.94. The van der Waals surface area contributed by atoms with E-state index in [1.54, 1.807) is 33.5 Å². The third-order valence-corrected chi connectivity index (χ3v) is 5.44. The van der Waals surface area contributed by atoms with Gasteiger partial charge in [-0.1, -0.05) is 12.2 Å². The fraction of sp³-hybridized carbons (Fsp3) is 0.200. The van der Waals surface area contributed by atoms with E-state index in [9.17, 15) is 14.4 Å². The maximum atomic E-state index is 11.1. The first-order valence-corrected chi connectivity index (χ1v) is 10.9. The molecule has 0 saturated carbocycles. The van der Waals surface area contributed by atoms with Crippen LogP contribution in [0.25, 0.3) is 16.2 Å². The number of hydrogen-bond acceptors (Lipinski definition) is 8. The van der Waals surface area contributed by atoms with E-state index in [4.69, 9.17) is 14.2 Å². The van der Waals surface area contributed by atoms with Crippen molar-refractivity contribution in [2.75, 3.05) is 21.3 Å². The molecule has 31 heavy (non-hydrogen) atoms. The number of ether oxygens (including phenoxy) is 3. The van der Waals surface area contributed by atoms with Crippen molar-refractivity contribution in [1.29, 1.82) is 0 Å². The van der Waals surface area contributed by atoms with Crippen LogP contribution in [0, 0.1) is 0 Å². The molecule has 11 heteroatoms. The quantitative estimate of drug-likeness (QED) is 0.258. The summed E-state index contributed by atoms with van der Waals surface area (Å²) in [7, 11) is -0.502. The Morgan fingerprint density at radius 2 is 1.61 bits per heavy atom. The fourth-order valence-corrected chi connectivity index (χ4v) is 4.19. The van der Waals surface area contributed by atoms with Crippen molar-refractivity contribution in [3.05, 3.63) is 52.9 Å². The minimum atomic E-state index is -5.14. The number of allylic oxidation sites excluding steroid dienone is 1. The van der Waals surface area contributed by atoms with Gasteiger partial charge >= 0.3 is 59.1 Å². The van der Waals surface area contributed by atoms with E-state index in [-0.39, 0.29) is 64.9 Å². The number of fused-ring (bicyclic) bond motifs is 1. The zero-order valence-corrected chi connectivity index (χ0v) is 23.8. The zero-order chi connectivity index (χ0) is 21.0. The molecule has 0 bridgehead atoms. The van der Waals surface area contributed by atoms with Crippen LogP contribution < -0.4 is 87.6 Å². The van der Waals surface area contributed by atoms with Crippen molar-refractivity contribution in [3.63, 3.8) is 0 Å². The number of phosphoric acid groups is 1. The predicted molar refractivity (Wildman–Crippen MR) is 109 cm³/mol. The van der Waals surface area contributed by atoms with E-state index in [1.165, 1.54) is 11.3 Å². The Balaban J connectivity index is 0.00000240. The van der Waals surface area contributed by atoms with Crippen molar-refractivity contribution in [2.45, 2.75) is 6.42 Å². The molecule has 7 nitrogen and oxygen atoms in total. The van der Waals surface area contributed by atoms with Crippen molar-refractivity contribution in [2.24, 2.45) is 0 Å². The molecule has 0 radical (unpaired) electrons. The number of benzene rings is 2. The topological polar surface area (TPSA) is 100 Å². The second-order valence-electron chi connectivity index (χ2n) is 6.03. The molecular formula is C20H19Na2O7PS. The van der Waals surface area contributed by atoms with E-state index < -0.39 is 7.82 Å².